The summed E-state index contributed by atoms with van der Waals surface area (Å²) in [6.45, 7) is 1.91. The zero-order chi connectivity index (χ0) is 13.0. The van der Waals surface area contributed by atoms with Crippen LogP contribution in [0.5, 0.6) is 0 Å². The zero-order valence-electron chi connectivity index (χ0n) is 10.6. The fraction of sp³-hybridized carbons (Fsp3) is 0.500. The smallest absolute Gasteiger partial charge is 0.151 e. The second-order valence-electron chi connectivity index (χ2n) is 4.77. The molecule has 1 aromatic carbocycles. The van der Waals surface area contributed by atoms with E-state index < -0.39 is 0 Å². The van der Waals surface area contributed by atoms with Gasteiger partial charge in [-0.25, -0.2) is 4.39 Å². The van der Waals surface area contributed by atoms with Crippen molar-refractivity contribution in [1.29, 1.82) is 0 Å². The quantitative estimate of drug-likeness (QED) is 0.797. The molecule has 1 aliphatic rings. The molecule has 98 valence electrons. The lowest BCUT2D eigenvalue weighted by atomic mass is 10.1. The van der Waals surface area contributed by atoms with Crippen molar-refractivity contribution in [1.82, 2.24) is 4.90 Å². The number of rotatable bonds is 5. The maximum Gasteiger partial charge on any atom is 0.151 e. The molecule has 1 aromatic rings. The first-order valence-corrected chi connectivity index (χ1v) is 6.19. The summed E-state index contributed by atoms with van der Waals surface area (Å²) in [7, 11) is 1.95. The van der Waals surface area contributed by atoms with Gasteiger partial charge in [-0.15, -0.1) is 0 Å². The molecule has 0 aliphatic carbocycles. The third-order valence-corrected chi connectivity index (χ3v) is 3.27. The number of likely N-dealkylation sites (N-methyl/N-ethyl adjacent to an activating group) is 1. The van der Waals surface area contributed by atoms with Crippen LogP contribution in [0.3, 0.4) is 0 Å². The Bertz CT molecular complexity index is 399. The Labute approximate surface area is 107 Å². The summed E-state index contributed by atoms with van der Waals surface area (Å²) in [6.07, 6.45) is 1.35. The summed E-state index contributed by atoms with van der Waals surface area (Å²) in [5.41, 5.74) is 0.859. The summed E-state index contributed by atoms with van der Waals surface area (Å²) >= 11 is 0. The number of Topliss-reactive ketones (excluding diaryl/α,β-unsaturated/α-hetero) is 1. The largest absolute Gasteiger partial charge is 0.380 e. The number of hydrogen-bond donors (Lipinski definition) is 0. The average Bonchev–Trinajstić information content (AvgIpc) is 2.85. The van der Waals surface area contributed by atoms with Gasteiger partial charge in [0.1, 0.15) is 5.82 Å². The molecule has 1 fully saturated rings. The minimum Gasteiger partial charge on any atom is -0.380 e. The highest BCUT2D eigenvalue weighted by Gasteiger charge is 2.21. The molecule has 1 heterocycles. The van der Waals surface area contributed by atoms with Crippen molar-refractivity contribution >= 4 is 5.78 Å². The van der Waals surface area contributed by atoms with Crippen LogP contribution in [0.4, 0.5) is 4.39 Å². The van der Waals surface area contributed by atoms with Crippen molar-refractivity contribution < 1.29 is 13.9 Å². The van der Waals surface area contributed by atoms with Crippen LogP contribution in [0.25, 0.3) is 0 Å². The molecule has 4 heteroatoms. The lowest BCUT2D eigenvalue weighted by Crippen LogP contribution is -2.36. The third kappa shape index (κ3) is 3.62. The number of carbonyl (C=O) groups is 1. The maximum atomic E-state index is 12.7. The van der Waals surface area contributed by atoms with Crippen LogP contribution in [0.2, 0.25) is 0 Å². The molecule has 18 heavy (non-hydrogen) atoms. The Hall–Kier alpha value is -1.26. The van der Waals surface area contributed by atoms with Crippen molar-refractivity contribution in [2.24, 2.45) is 0 Å². The monoisotopic (exact) mass is 251 g/mol. The van der Waals surface area contributed by atoms with Crippen molar-refractivity contribution in [3.05, 3.63) is 35.6 Å². The molecule has 0 aromatic heterocycles. The number of nitrogens with zero attached hydrogens (tertiary/aromatic N) is 1. The lowest BCUT2D eigenvalue weighted by Gasteiger charge is -2.21. The fourth-order valence-corrected chi connectivity index (χ4v) is 2.16. The van der Waals surface area contributed by atoms with E-state index in [2.05, 4.69) is 0 Å². The van der Waals surface area contributed by atoms with Gasteiger partial charge in [-0.05, 0) is 31.2 Å². The third-order valence-electron chi connectivity index (χ3n) is 3.27. The van der Waals surface area contributed by atoms with Crippen molar-refractivity contribution in [3.8, 4) is 0 Å². The minimum absolute atomic E-state index is 0.149. The van der Waals surface area contributed by atoms with Gasteiger partial charge < -0.3 is 4.74 Å². The molecule has 1 saturated heterocycles. The molecule has 0 radical (unpaired) electrons. The Morgan fingerprint density at radius 1 is 1.44 bits per heavy atom. The Morgan fingerprint density at radius 2 is 2.17 bits per heavy atom. The molecule has 0 N–H and O–H groups in total. The first-order valence-electron chi connectivity index (χ1n) is 6.19. The van der Waals surface area contributed by atoms with E-state index >= 15 is 0 Å². The number of halogens is 1. The van der Waals surface area contributed by atoms with E-state index in [0.29, 0.717) is 25.6 Å². The first-order chi connectivity index (χ1) is 8.65. The van der Waals surface area contributed by atoms with Crippen LogP contribution >= 0.6 is 0 Å². The molecule has 0 spiro atoms. The predicted octanol–water partition coefficient (Wildman–Crippen LogP) is 1.66. The van der Waals surface area contributed by atoms with Crippen LogP contribution in [0.15, 0.2) is 24.3 Å². The summed E-state index contributed by atoms with van der Waals surface area (Å²) in [6, 6.07) is 6.44. The average molecular weight is 251 g/mol. The van der Waals surface area contributed by atoms with Crippen molar-refractivity contribution in [2.45, 2.75) is 18.9 Å². The highest BCUT2D eigenvalue weighted by molar-refractivity contribution is 5.82. The van der Waals surface area contributed by atoms with Gasteiger partial charge in [-0.3, -0.25) is 9.69 Å². The number of hydrogen-bond acceptors (Lipinski definition) is 3. The molecular weight excluding hydrogens is 233 g/mol. The summed E-state index contributed by atoms with van der Waals surface area (Å²) in [4.78, 5) is 13.9. The zero-order valence-corrected chi connectivity index (χ0v) is 10.6. The Balaban J connectivity index is 1.82. The van der Waals surface area contributed by atoms with Crippen LogP contribution < -0.4 is 0 Å². The van der Waals surface area contributed by atoms with Gasteiger partial charge in [-0.1, -0.05) is 12.1 Å². The van der Waals surface area contributed by atoms with E-state index in [1.54, 1.807) is 12.1 Å². The highest BCUT2D eigenvalue weighted by Crippen LogP contribution is 2.11. The second-order valence-corrected chi connectivity index (χ2v) is 4.77. The van der Waals surface area contributed by atoms with E-state index in [1.165, 1.54) is 12.1 Å². The lowest BCUT2D eigenvalue weighted by molar-refractivity contribution is -0.119. The van der Waals surface area contributed by atoms with Crippen LogP contribution in [-0.4, -0.2) is 43.5 Å². The molecule has 1 unspecified atom stereocenters. The molecule has 3 nitrogen and oxygen atoms in total. The van der Waals surface area contributed by atoms with Gasteiger partial charge in [0, 0.05) is 19.1 Å². The van der Waals surface area contributed by atoms with Gasteiger partial charge >= 0.3 is 0 Å². The number of benzene rings is 1. The first kappa shape index (κ1) is 13.2. The Morgan fingerprint density at radius 3 is 2.78 bits per heavy atom. The molecule has 1 atom stereocenters. The summed E-state index contributed by atoms with van der Waals surface area (Å²) < 4.78 is 18.0. The van der Waals surface area contributed by atoms with Gasteiger partial charge in [-0.2, -0.15) is 0 Å². The molecule has 0 amide bonds. The fourth-order valence-electron chi connectivity index (χ4n) is 2.16. The van der Waals surface area contributed by atoms with E-state index in [4.69, 9.17) is 4.74 Å². The van der Waals surface area contributed by atoms with Gasteiger partial charge in [0.15, 0.2) is 5.78 Å². The molecule has 0 bridgehead atoms. The van der Waals surface area contributed by atoms with E-state index in [1.807, 2.05) is 11.9 Å². The number of carbonyl (C=O) groups excluding carboxylic acids is 1. The molecule has 2 rings (SSSR count). The highest BCUT2D eigenvalue weighted by atomic mass is 19.1. The van der Waals surface area contributed by atoms with Crippen molar-refractivity contribution in [2.75, 3.05) is 26.8 Å². The standard InChI is InChI=1S/C14H18FNO2/c1-16(13-6-7-18-10-13)9-14(17)8-11-2-4-12(15)5-3-11/h2-5,13H,6-10H2,1H3. The number of ether oxygens (including phenoxy) is 1. The van der Waals surface area contributed by atoms with Crippen LogP contribution in [0.1, 0.15) is 12.0 Å². The molecular formula is C14H18FNO2. The Kier molecular flexibility index (Phi) is 4.44. The van der Waals surface area contributed by atoms with E-state index in [-0.39, 0.29) is 11.6 Å². The van der Waals surface area contributed by atoms with E-state index in [9.17, 15) is 9.18 Å². The molecule has 0 saturated carbocycles. The second kappa shape index (κ2) is 6.07. The molecule has 1 aliphatic heterocycles. The normalized spacial score (nSPS) is 19.4. The predicted molar refractivity (Wildman–Crippen MR) is 67.0 cm³/mol. The SMILES string of the molecule is CN(CC(=O)Cc1ccc(F)cc1)C1CCOC1. The minimum atomic E-state index is -0.272. The summed E-state index contributed by atoms with van der Waals surface area (Å²) in [5.74, 6) is -0.123. The number of ketones is 1. The summed E-state index contributed by atoms with van der Waals surface area (Å²) in [5, 5.41) is 0. The van der Waals surface area contributed by atoms with Crippen LogP contribution in [0, 0.1) is 5.82 Å². The van der Waals surface area contributed by atoms with Crippen molar-refractivity contribution in [3.63, 3.8) is 0 Å². The maximum absolute atomic E-state index is 12.7. The van der Waals surface area contributed by atoms with Gasteiger partial charge in [0.05, 0.1) is 13.2 Å². The van der Waals surface area contributed by atoms with E-state index in [0.717, 1.165) is 18.6 Å². The topological polar surface area (TPSA) is 29.5 Å². The van der Waals surface area contributed by atoms with Gasteiger partial charge in [0.2, 0.25) is 0 Å². The van der Waals surface area contributed by atoms with Crippen LogP contribution in [-0.2, 0) is 16.0 Å². The van der Waals surface area contributed by atoms with Gasteiger partial charge in [0.25, 0.3) is 0 Å².